The number of rotatable bonds is 7. The largest absolute Gasteiger partial charge is 0.497 e. The Morgan fingerprint density at radius 1 is 1.11 bits per heavy atom. The van der Waals surface area contributed by atoms with Crippen molar-refractivity contribution in [2.75, 3.05) is 19.0 Å². The monoisotopic (exact) mass is 395 g/mol. The Balaban J connectivity index is 1.47. The Labute approximate surface area is 169 Å². The molecular formula is C22H25N3O2S. The van der Waals surface area contributed by atoms with Crippen LogP contribution in [0.4, 0.5) is 10.5 Å². The van der Waals surface area contributed by atoms with Crippen LogP contribution in [0.25, 0.3) is 11.3 Å². The molecular weight excluding hydrogens is 370 g/mol. The Kier molecular flexibility index (Phi) is 6.66. The smallest absolute Gasteiger partial charge is 0.319 e. The van der Waals surface area contributed by atoms with E-state index < -0.39 is 0 Å². The number of carbonyl (C=O) groups is 1. The molecule has 6 heteroatoms. The van der Waals surface area contributed by atoms with Crippen molar-refractivity contribution >= 4 is 23.1 Å². The van der Waals surface area contributed by atoms with E-state index >= 15 is 0 Å². The Morgan fingerprint density at radius 2 is 1.82 bits per heavy atom. The maximum absolute atomic E-state index is 12.1. The number of benzene rings is 2. The van der Waals surface area contributed by atoms with E-state index in [0.717, 1.165) is 27.7 Å². The zero-order valence-corrected chi connectivity index (χ0v) is 17.2. The Hall–Kier alpha value is -2.86. The summed E-state index contributed by atoms with van der Waals surface area (Å²) in [6, 6.07) is 15.6. The molecule has 1 aromatic heterocycles. The van der Waals surface area contributed by atoms with Gasteiger partial charge in [-0.15, -0.1) is 11.3 Å². The summed E-state index contributed by atoms with van der Waals surface area (Å²) >= 11 is 1.60. The number of anilines is 1. The summed E-state index contributed by atoms with van der Waals surface area (Å²) in [6.07, 6.45) is 0.695. The lowest BCUT2D eigenvalue weighted by atomic mass is 10.0. The van der Waals surface area contributed by atoms with Gasteiger partial charge in [-0.2, -0.15) is 0 Å². The number of ether oxygens (including phenoxy) is 1. The predicted octanol–water partition coefficient (Wildman–Crippen LogP) is 5.31. The van der Waals surface area contributed by atoms with Gasteiger partial charge < -0.3 is 15.4 Å². The molecule has 2 N–H and O–H groups in total. The van der Waals surface area contributed by atoms with Crippen LogP contribution in [0.15, 0.2) is 53.9 Å². The summed E-state index contributed by atoms with van der Waals surface area (Å²) in [5, 5.41) is 8.77. The molecule has 5 nitrogen and oxygen atoms in total. The molecule has 0 aliphatic carbocycles. The third-order valence-corrected chi connectivity index (χ3v) is 5.31. The molecule has 0 unspecified atom stereocenters. The molecule has 28 heavy (non-hydrogen) atoms. The predicted molar refractivity (Wildman–Crippen MR) is 115 cm³/mol. The fourth-order valence-electron chi connectivity index (χ4n) is 2.73. The van der Waals surface area contributed by atoms with E-state index in [9.17, 15) is 4.79 Å². The van der Waals surface area contributed by atoms with E-state index in [4.69, 9.17) is 4.74 Å². The highest BCUT2D eigenvalue weighted by Crippen LogP contribution is 2.24. The van der Waals surface area contributed by atoms with E-state index in [2.05, 4.69) is 29.5 Å². The standard InChI is InChI=1S/C22H25N3O2S/c1-15(2)16-4-8-18(9-5-16)24-22(26)23-13-12-21-25-20(14-28-21)17-6-10-19(27-3)11-7-17/h4-11,14-15H,12-13H2,1-3H3,(H2,23,24,26). The van der Waals surface area contributed by atoms with Gasteiger partial charge in [0.1, 0.15) is 5.75 Å². The fraction of sp³-hybridized carbons (Fsp3) is 0.273. The molecule has 0 saturated carbocycles. The molecule has 0 atom stereocenters. The number of amides is 2. The second-order valence-electron chi connectivity index (χ2n) is 6.76. The normalized spacial score (nSPS) is 10.7. The highest BCUT2D eigenvalue weighted by molar-refractivity contribution is 7.09. The molecule has 1 heterocycles. The van der Waals surface area contributed by atoms with E-state index in [0.29, 0.717) is 18.9 Å². The summed E-state index contributed by atoms with van der Waals surface area (Å²) in [7, 11) is 1.65. The van der Waals surface area contributed by atoms with Crippen molar-refractivity contribution in [2.24, 2.45) is 0 Å². The molecule has 0 radical (unpaired) electrons. The summed E-state index contributed by atoms with van der Waals surface area (Å²) in [4.78, 5) is 16.7. The minimum atomic E-state index is -0.204. The minimum absolute atomic E-state index is 0.204. The number of urea groups is 1. The van der Waals surface area contributed by atoms with Gasteiger partial charge in [-0.05, 0) is 47.9 Å². The Morgan fingerprint density at radius 3 is 2.46 bits per heavy atom. The maximum atomic E-state index is 12.1. The summed E-state index contributed by atoms with van der Waals surface area (Å²) in [5.41, 5.74) is 4.04. The zero-order valence-electron chi connectivity index (χ0n) is 16.4. The lowest BCUT2D eigenvalue weighted by molar-refractivity contribution is 0.252. The van der Waals surface area contributed by atoms with Crippen LogP contribution in [0.5, 0.6) is 5.75 Å². The second-order valence-corrected chi connectivity index (χ2v) is 7.71. The minimum Gasteiger partial charge on any atom is -0.497 e. The van der Waals surface area contributed by atoms with Crippen molar-refractivity contribution in [3.63, 3.8) is 0 Å². The summed E-state index contributed by atoms with van der Waals surface area (Å²) in [5.74, 6) is 1.30. The van der Waals surface area contributed by atoms with Crippen molar-refractivity contribution < 1.29 is 9.53 Å². The molecule has 3 rings (SSSR count). The van der Waals surface area contributed by atoms with Crippen LogP contribution in [-0.2, 0) is 6.42 Å². The summed E-state index contributed by atoms with van der Waals surface area (Å²) in [6.45, 7) is 4.83. The van der Waals surface area contributed by atoms with Crippen LogP contribution >= 0.6 is 11.3 Å². The first-order chi connectivity index (χ1) is 13.5. The molecule has 2 aromatic carbocycles. The first-order valence-corrected chi connectivity index (χ1v) is 10.2. The van der Waals surface area contributed by atoms with Gasteiger partial charge in [0, 0.05) is 29.6 Å². The van der Waals surface area contributed by atoms with E-state index in [-0.39, 0.29) is 6.03 Å². The highest BCUT2D eigenvalue weighted by atomic mass is 32.1. The lowest BCUT2D eigenvalue weighted by Crippen LogP contribution is -2.30. The molecule has 2 amide bonds. The average Bonchev–Trinajstić information content (AvgIpc) is 3.17. The fourth-order valence-corrected chi connectivity index (χ4v) is 3.54. The maximum Gasteiger partial charge on any atom is 0.319 e. The SMILES string of the molecule is COc1ccc(-c2csc(CCNC(=O)Nc3ccc(C(C)C)cc3)n2)cc1. The van der Waals surface area contributed by atoms with Gasteiger partial charge in [-0.25, -0.2) is 9.78 Å². The number of thiazole rings is 1. The molecule has 0 aliphatic heterocycles. The third-order valence-electron chi connectivity index (χ3n) is 4.40. The molecule has 0 saturated heterocycles. The molecule has 0 aliphatic rings. The number of hydrogen-bond donors (Lipinski definition) is 2. The number of aromatic nitrogens is 1. The zero-order chi connectivity index (χ0) is 19.9. The van der Waals surface area contributed by atoms with Crippen molar-refractivity contribution in [1.29, 1.82) is 0 Å². The number of nitrogens with one attached hydrogen (secondary N) is 2. The van der Waals surface area contributed by atoms with Crippen LogP contribution in [0.3, 0.4) is 0 Å². The van der Waals surface area contributed by atoms with Crippen LogP contribution in [0.2, 0.25) is 0 Å². The molecule has 0 fully saturated rings. The number of hydrogen-bond acceptors (Lipinski definition) is 4. The topological polar surface area (TPSA) is 63.2 Å². The summed E-state index contributed by atoms with van der Waals surface area (Å²) < 4.78 is 5.18. The van der Waals surface area contributed by atoms with Crippen LogP contribution in [0, 0.1) is 0 Å². The highest BCUT2D eigenvalue weighted by Gasteiger charge is 2.07. The van der Waals surface area contributed by atoms with Crippen LogP contribution in [-0.4, -0.2) is 24.7 Å². The number of carbonyl (C=O) groups excluding carboxylic acids is 1. The second kappa shape index (κ2) is 9.37. The van der Waals surface area contributed by atoms with Crippen molar-refractivity contribution in [2.45, 2.75) is 26.2 Å². The Bertz CT molecular complexity index is 902. The van der Waals surface area contributed by atoms with Crippen LogP contribution in [0.1, 0.15) is 30.3 Å². The van der Waals surface area contributed by atoms with Gasteiger partial charge in [-0.1, -0.05) is 26.0 Å². The first-order valence-electron chi connectivity index (χ1n) is 9.29. The van der Waals surface area contributed by atoms with E-state index in [1.54, 1.807) is 18.4 Å². The quantitative estimate of drug-likeness (QED) is 0.570. The van der Waals surface area contributed by atoms with E-state index in [1.807, 2.05) is 53.9 Å². The van der Waals surface area contributed by atoms with Gasteiger partial charge in [0.25, 0.3) is 0 Å². The molecule has 146 valence electrons. The molecule has 3 aromatic rings. The molecule has 0 bridgehead atoms. The first kappa shape index (κ1) is 19.9. The van der Waals surface area contributed by atoms with Crippen molar-refractivity contribution in [3.05, 3.63) is 64.5 Å². The van der Waals surface area contributed by atoms with Crippen molar-refractivity contribution in [1.82, 2.24) is 10.3 Å². The van der Waals surface area contributed by atoms with Gasteiger partial charge >= 0.3 is 6.03 Å². The van der Waals surface area contributed by atoms with Crippen LogP contribution < -0.4 is 15.4 Å². The van der Waals surface area contributed by atoms with Gasteiger partial charge in [0.2, 0.25) is 0 Å². The lowest BCUT2D eigenvalue weighted by Gasteiger charge is -2.09. The van der Waals surface area contributed by atoms with Gasteiger partial charge in [-0.3, -0.25) is 0 Å². The van der Waals surface area contributed by atoms with Gasteiger partial charge in [0.05, 0.1) is 17.8 Å². The molecule has 0 spiro atoms. The van der Waals surface area contributed by atoms with Gasteiger partial charge in [0.15, 0.2) is 0 Å². The van der Waals surface area contributed by atoms with Crippen molar-refractivity contribution in [3.8, 4) is 17.0 Å². The average molecular weight is 396 g/mol. The van der Waals surface area contributed by atoms with E-state index in [1.165, 1.54) is 5.56 Å². The number of methoxy groups -OCH3 is 1. The third kappa shape index (κ3) is 5.33. The number of nitrogens with zero attached hydrogens (tertiary/aromatic N) is 1.